The van der Waals surface area contributed by atoms with Gasteiger partial charge < -0.3 is 9.88 Å². The van der Waals surface area contributed by atoms with Crippen molar-refractivity contribution in [3.63, 3.8) is 0 Å². The van der Waals surface area contributed by atoms with Crippen LogP contribution < -0.4 is 5.32 Å². The monoisotopic (exact) mass is 221 g/mol. The zero-order chi connectivity index (χ0) is 11.8. The molecule has 1 aromatic heterocycles. The fraction of sp³-hybridized carbons (Fsp3) is 0.615. The molecule has 16 heavy (non-hydrogen) atoms. The summed E-state index contributed by atoms with van der Waals surface area (Å²) < 4.78 is 2.30. The standard InChI is InChI=1S/C13H23N3/c1-4-6-7-9-16-12(3)15-11-13(16)10-14-8-5-2/h4,11,14H,1,5-10H2,2-3H3. The second-order valence-corrected chi connectivity index (χ2v) is 4.06. The van der Waals surface area contributed by atoms with Crippen molar-refractivity contribution in [2.75, 3.05) is 6.54 Å². The van der Waals surface area contributed by atoms with Crippen molar-refractivity contribution in [2.45, 2.75) is 46.2 Å². The van der Waals surface area contributed by atoms with Gasteiger partial charge in [0.15, 0.2) is 0 Å². The highest BCUT2D eigenvalue weighted by atomic mass is 15.1. The third-order valence-corrected chi connectivity index (χ3v) is 2.66. The van der Waals surface area contributed by atoms with E-state index >= 15 is 0 Å². The lowest BCUT2D eigenvalue weighted by Gasteiger charge is -2.10. The molecule has 0 aliphatic rings. The molecule has 0 unspecified atom stereocenters. The van der Waals surface area contributed by atoms with Gasteiger partial charge in [0.05, 0.1) is 5.69 Å². The number of allylic oxidation sites excluding steroid dienone is 1. The van der Waals surface area contributed by atoms with E-state index in [1.54, 1.807) is 0 Å². The molecular formula is C13H23N3. The summed E-state index contributed by atoms with van der Waals surface area (Å²) >= 11 is 0. The molecule has 0 saturated carbocycles. The lowest BCUT2D eigenvalue weighted by atomic mass is 10.3. The van der Waals surface area contributed by atoms with Gasteiger partial charge in [-0.3, -0.25) is 0 Å². The van der Waals surface area contributed by atoms with Gasteiger partial charge in [0.2, 0.25) is 0 Å². The predicted molar refractivity (Wildman–Crippen MR) is 68.4 cm³/mol. The zero-order valence-corrected chi connectivity index (χ0v) is 10.5. The number of hydrogen-bond donors (Lipinski definition) is 1. The molecule has 1 rings (SSSR count). The van der Waals surface area contributed by atoms with E-state index in [1.165, 1.54) is 12.1 Å². The maximum Gasteiger partial charge on any atom is 0.105 e. The summed E-state index contributed by atoms with van der Waals surface area (Å²) in [6, 6.07) is 0. The van der Waals surface area contributed by atoms with Gasteiger partial charge >= 0.3 is 0 Å². The van der Waals surface area contributed by atoms with Crippen LogP contribution in [0.2, 0.25) is 0 Å². The van der Waals surface area contributed by atoms with Gasteiger partial charge in [-0.15, -0.1) is 6.58 Å². The van der Waals surface area contributed by atoms with Crippen LogP contribution >= 0.6 is 0 Å². The Morgan fingerprint density at radius 3 is 3.06 bits per heavy atom. The minimum Gasteiger partial charge on any atom is -0.331 e. The average molecular weight is 221 g/mol. The number of rotatable bonds is 8. The molecule has 0 bridgehead atoms. The molecular weight excluding hydrogens is 198 g/mol. The first kappa shape index (κ1) is 13.0. The fourth-order valence-corrected chi connectivity index (χ4v) is 1.75. The molecule has 0 atom stereocenters. The SMILES string of the molecule is C=CCCCn1c(CNCCC)cnc1C. The van der Waals surface area contributed by atoms with E-state index < -0.39 is 0 Å². The summed E-state index contributed by atoms with van der Waals surface area (Å²) in [5.41, 5.74) is 1.29. The Balaban J connectivity index is 2.51. The van der Waals surface area contributed by atoms with E-state index in [0.29, 0.717) is 0 Å². The summed E-state index contributed by atoms with van der Waals surface area (Å²) in [4.78, 5) is 4.37. The summed E-state index contributed by atoms with van der Waals surface area (Å²) in [6.07, 6.45) is 7.33. The second kappa shape index (κ2) is 7.23. The van der Waals surface area contributed by atoms with Crippen LogP contribution in [0, 0.1) is 6.92 Å². The molecule has 1 heterocycles. The van der Waals surface area contributed by atoms with Gasteiger partial charge in [-0.05, 0) is 32.7 Å². The molecule has 90 valence electrons. The molecule has 0 fully saturated rings. The molecule has 0 aromatic carbocycles. The molecule has 3 nitrogen and oxygen atoms in total. The van der Waals surface area contributed by atoms with Crippen molar-refractivity contribution in [2.24, 2.45) is 0 Å². The number of nitrogens with zero attached hydrogens (tertiary/aromatic N) is 2. The first-order chi connectivity index (χ1) is 7.79. The average Bonchev–Trinajstić information content (AvgIpc) is 2.62. The molecule has 1 aromatic rings. The van der Waals surface area contributed by atoms with Crippen molar-refractivity contribution in [1.82, 2.24) is 14.9 Å². The highest BCUT2D eigenvalue weighted by molar-refractivity contribution is 5.04. The van der Waals surface area contributed by atoms with Crippen LogP contribution in [0.4, 0.5) is 0 Å². The molecule has 0 saturated heterocycles. The number of aryl methyl sites for hydroxylation is 1. The summed E-state index contributed by atoms with van der Waals surface area (Å²) in [7, 11) is 0. The van der Waals surface area contributed by atoms with E-state index in [0.717, 1.165) is 38.3 Å². The van der Waals surface area contributed by atoms with Gasteiger partial charge in [0.25, 0.3) is 0 Å². The molecule has 0 spiro atoms. The molecule has 1 N–H and O–H groups in total. The number of hydrogen-bond acceptors (Lipinski definition) is 2. The van der Waals surface area contributed by atoms with Crippen molar-refractivity contribution in [3.05, 3.63) is 30.4 Å². The summed E-state index contributed by atoms with van der Waals surface area (Å²) in [5, 5.41) is 3.41. The fourth-order valence-electron chi connectivity index (χ4n) is 1.75. The number of unbranched alkanes of at least 4 members (excludes halogenated alkanes) is 1. The predicted octanol–water partition coefficient (Wildman–Crippen LogP) is 2.66. The first-order valence-electron chi connectivity index (χ1n) is 6.12. The highest BCUT2D eigenvalue weighted by Gasteiger charge is 2.04. The lowest BCUT2D eigenvalue weighted by Crippen LogP contribution is -2.17. The lowest BCUT2D eigenvalue weighted by molar-refractivity contribution is 0.576. The quantitative estimate of drug-likeness (QED) is 0.540. The van der Waals surface area contributed by atoms with E-state index in [1.807, 2.05) is 12.3 Å². The van der Waals surface area contributed by atoms with Crippen molar-refractivity contribution >= 4 is 0 Å². The van der Waals surface area contributed by atoms with Crippen molar-refractivity contribution in [3.8, 4) is 0 Å². The largest absolute Gasteiger partial charge is 0.331 e. The van der Waals surface area contributed by atoms with Gasteiger partial charge in [0, 0.05) is 19.3 Å². The van der Waals surface area contributed by atoms with Crippen LogP contribution in [0.15, 0.2) is 18.9 Å². The van der Waals surface area contributed by atoms with Gasteiger partial charge in [-0.1, -0.05) is 13.0 Å². The second-order valence-electron chi connectivity index (χ2n) is 4.06. The van der Waals surface area contributed by atoms with Crippen LogP contribution in [0.25, 0.3) is 0 Å². The molecule has 0 radical (unpaired) electrons. The van der Waals surface area contributed by atoms with Crippen LogP contribution in [0.3, 0.4) is 0 Å². The highest BCUT2D eigenvalue weighted by Crippen LogP contribution is 2.07. The minimum atomic E-state index is 0.919. The Morgan fingerprint density at radius 1 is 1.56 bits per heavy atom. The topological polar surface area (TPSA) is 29.9 Å². The molecule has 0 aliphatic heterocycles. The Morgan fingerprint density at radius 2 is 2.38 bits per heavy atom. The normalized spacial score (nSPS) is 10.6. The maximum atomic E-state index is 4.37. The Hall–Kier alpha value is -1.09. The Labute approximate surface area is 98.6 Å². The Kier molecular flexibility index (Phi) is 5.86. The van der Waals surface area contributed by atoms with E-state index in [-0.39, 0.29) is 0 Å². The maximum absolute atomic E-state index is 4.37. The van der Waals surface area contributed by atoms with Crippen molar-refractivity contribution in [1.29, 1.82) is 0 Å². The molecule has 0 amide bonds. The smallest absolute Gasteiger partial charge is 0.105 e. The van der Waals surface area contributed by atoms with Crippen LogP contribution in [0.1, 0.15) is 37.7 Å². The van der Waals surface area contributed by atoms with Crippen LogP contribution in [-0.4, -0.2) is 16.1 Å². The molecule has 3 heteroatoms. The third-order valence-electron chi connectivity index (χ3n) is 2.66. The number of aromatic nitrogens is 2. The van der Waals surface area contributed by atoms with Gasteiger partial charge in [0.1, 0.15) is 5.82 Å². The number of imidazole rings is 1. The van der Waals surface area contributed by atoms with E-state index in [4.69, 9.17) is 0 Å². The first-order valence-corrected chi connectivity index (χ1v) is 6.12. The van der Waals surface area contributed by atoms with E-state index in [2.05, 4.69) is 35.3 Å². The van der Waals surface area contributed by atoms with Crippen LogP contribution in [-0.2, 0) is 13.1 Å². The van der Waals surface area contributed by atoms with Crippen molar-refractivity contribution < 1.29 is 0 Å². The Bertz CT molecular complexity index is 315. The van der Waals surface area contributed by atoms with Crippen LogP contribution in [0.5, 0.6) is 0 Å². The van der Waals surface area contributed by atoms with Gasteiger partial charge in [-0.25, -0.2) is 4.98 Å². The third kappa shape index (κ3) is 3.81. The summed E-state index contributed by atoms with van der Waals surface area (Å²) in [6.45, 7) is 11.0. The molecule has 0 aliphatic carbocycles. The minimum absolute atomic E-state index is 0.919. The number of nitrogens with one attached hydrogen (secondary N) is 1. The zero-order valence-electron chi connectivity index (χ0n) is 10.5. The van der Waals surface area contributed by atoms with E-state index in [9.17, 15) is 0 Å². The van der Waals surface area contributed by atoms with Gasteiger partial charge in [-0.2, -0.15) is 0 Å². The summed E-state index contributed by atoms with van der Waals surface area (Å²) in [5.74, 6) is 1.11.